The highest BCUT2D eigenvalue weighted by molar-refractivity contribution is 5.79. The van der Waals surface area contributed by atoms with Gasteiger partial charge in [0.2, 0.25) is 5.89 Å². The van der Waals surface area contributed by atoms with Gasteiger partial charge in [-0.25, -0.2) is 4.99 Å². The Morgan fingerprint density at radius 2 is 2.12 bits per heavy atom. The van der Waals surface area contributed by atoms with Crippen LogP contribution in [-0.4, -0.2) is 36.3 Å². The molecule has 130 valence electrons. The van der Waals surface area contributed by atoms with Gasteiger partial charge >= 0.3 is 0 Å². The first-order valence-electron chi connectivity index (χ1n) is 8.07. The van der Waals surface area contributed by atoms with E-state index in [1.165, 1.54) is 11.1 Å². The van der Waals surface area contributed by atoms with Crippen LogP contribution < -0.4 is 15.4 Å². The van der Waals surface area contributed by atoms with E-state index in [4.69, 9.17) is 9.26 Å². The van der Waals surface area contributed by atoms with Crippen LogP contribution in [0.3, 0.4) is 0 Å². The summed E-state index contributed by atoms with van der Waals surface area (Å²) in [5.41, 5.74) is 2.39. The van der Waals surface area contributed by atoms with Crippen molar-refractivity contribution in [2.24, 2.45) is 4.99 Å². The SMILES string of the molecule is CCNC(=NCc1nc(C)no1)NCCc1cc(C)ccc1OC. The van der Waals surface area contributed by atoms with E-state index in [9.17, 15) is 0 Å². The smallest absolute Gasteiger partial charge is 0.248 e. The number of nitrogens with one attached hydrogen (secondary N) is 2. The van der Waals surface area contributed by atoms with Crippen molar-refractivity contribution in [3.8, 4) is 5.75 Å². The molecule has 0 radical (unpaired) electrons. The number of hydrogen-bond acceptors (Lipinski definition) is 5. The van der Waals surface area contributed by atoms with Crippen molar-refractivity contribution < 1.29 is 9.26 Å². The molecule has 7 nitrogen and oxygen atoms in total. The molecule has 0 bridgehead atoms. The fourth-order valence-electron chi connectivity index (χ4n) is 2.31. The van der Waals surface area contributed by atoms with Crippen molar-refractivity contribution >= 4 is 5.96 Å². The summed E-state index contributed by atoms with van der Waals surface area (Å²) in [4.78, 5) is 8.60. The summed E-state index contributed by atoms with van der Waals surface area (Å²) in [6.45, 7) is 7.77. The standard InChI is InChI=1S/C17H25N5O2/c1-5-18-17(20-11-16-21-13(3)22-24-16)19-9-8-14-10-12(2)6-7-15(14)23-4/h6-7,10H,5,8-9,11H2,1-4H3,(H2,18,19,20). The molecule has 0 atom stereocenters. The molecule has 1 aromatic carbocycles. The first kappa shape index (κ1) is 17.8. The third-order valence-corrected chi connectivity index (χ3v) is 3.41. The fourth-order valence-corrected chi connectivity index (χ4v) is 2.31. The second-order valence-corrected chi connectivity index (χ2v) is 5.42. The molecule has 0 aliphatic carbocycles. The monoisotopic (exact) mass is 331 g/mol. The predicted octanol–water partition coefficient (Wildman–Crippen LogP) is 1.99. The van der Waals surface area contributed by atoms with Crippen LogP contribution in [0.5, 0.6) is 5.75 Å². The van der Waals surface area contributed by atoms with Crippen LogP contribution in [0.15, 0.2) is 27.7 Å². The Bertz CT molecular complexity index is 681. The lowest BCUT2D eigenvalue weighted by Gasteiger charge is -2.13. The lowest BCUT2D eigenvalue weighted by molar-refractivity contribution is 0.376. The molecule has 0 saturated heterocycles. The zero-order valence-electron chi connectivity index (χ0n) is 14.7. The molecule has 0 saturated carbocycles. The van der Waals surface area contributed by atoms with Gasteiger partial charge in [0.25, 0.3) is 0 Å². The number of nitrogens with zero attached hydrogens (tertiary/aromatic N) is 3. The average Bonchev–Trinajstić information content (AvgIpc) is 2.98. The largest absolute Gasteiger partial charge is 0.496 e. The van der Waals surface area contributed by atoms with Crippen LogP contribution in [0.25, 0.3) is 0 Å². The number of methoxy groups -OCH3 is 1. The van der Waals surface area contributed by atoms with E-state index in [0.29, 0.717) is 18.3 Å². The molecular formula is C17H25N5O2. The van der Waals surface area contributed by atoms with Gasteiger partial charge in [-0.1, -0.05) is 22.9 Å². The zero-order valence-corrected chi connectivity index (χ0v) is 14.7. The molecule has 0 aliphatic rings. The van der Waals surface area contributed by atoms with Crippen LogP contribution in [0.4, 0.5) is 0 Å². The van der Waals surface area contributed by atoms with Gasteiger partial charge in [-0.2, -0.15) is 4.98 Å². The summed E-state index contributed by atoms with van der Waals surface area (Å²) in [5.74, 6) is 2.75. The predicted molar refractivity (Wildman–Crippen MR) is 93.3 cm³/mol. The minimum absolute atomic E-state index is 0.351. The normalized spacial score (nSPS) is 11.4. The maximum atomic E-state index is 5.41. The Hall–Kier alpha value is -2.57. The molecule has 0 unspecified atom stereocenters. The number of rotatable bonds is 7. The molecule has 2 aromatic rings. The third kappa shape index (κ3) is 5.26. The quantitative estimate of drug-likeness (QED) is 0.596. The van der Waals surface area contributed by atoms with Gasteiger partial charge in [0.15, 0.2) is 11.8 Å². The molecule has 1 heterocycles. The molecule has 0 spiro atoms. The van der Waals surface area contributed by atoms with Crippen LogP contribution in [-0.2, 0) is 13.0 Å². The van der Waals surface area contributed by atoms with Gasteiger partial charge in [0.05, 0.1) is 7.11 Å². The number of aromatic nitrogens is 2. The van der Waals surface area contributed by atoms with Gasteiger partial charge in [0.1, 0.15) is 12.3 Å². The number of guanidine groups is 1. The Morgan fingerprint density at radius 1 is 1.29 bits per heavy atom. The van der Waals surface area contributed by atoms with Gasteiger partial charge in [0, 0.05) is 13.1 Å². The Morgan fingerprint density at radius 3 is 2.79 bits per heavy atom. The fraction of sp³-hybridized carbons (Fsp3) is 0.471. The molecule has 2 N–H and O–H groups in total. The Balaban J connectivity index is 1.92. The lowest BCUT2D eigenvalue weighted by atomic mass is 10.1. The van der Waals surface area contributed by atoms with Crippen LogP contribution >= 0.6 is 0 Å². The molecule has 0 amide bonds. The second-order valence-electron chi connectivity index (χ2n) is 5.42. The van der Waals surface area contributed by atoms with Crippen molar-refractivity contribution in [2.45, 2.75) is 33.7 Å². The first-order valence-corrected chi connectivity index (χ1v) is 8.07. The Labute approximate surface area is 142 Å². The van der Waals surface area contributed by atoms with E-state index in [-0.39, 0.29) is 0 Å². The van der Waals surface area contributed by atoms with Gasteiger partial charge < -0.3 is 19.9 Å². The molecule has 24 heavy (non-hydrogen) atoms. The van der Waals surface area contributed by atoms with Crippen LogP contribution in [0.2, 0.25) is 0 Å². The van der Waals surface area contributed by atoms with Crippen molar-refractivity contribution in [3.05, 3.63) is 41.0 Å². The van der Waals surface area contributed by atoms with E-state index in [0.717, 1.165) is 31.2 Å². The van der Waals surface area contributed by atoms with Gasteiger partial charge in [-0.05, 0) is 38.8 Å². The maximum absolute atomic E-state index is 5.41. The highest BCUT2D eigenvalue weighted by Gasteiger charge is 2.05. The third-order valence-electron chi connectivity index (χ3n) is 3.41. The molecule has 7 heteroatoms. The maximum Gasteiger partial charge on any atom is 0.248 e. The van der Waals surface area contributed by atoms with Gasteiger partial charge in [-0.3, -0.25) is 0 Å². The van der Waals surface area contributed by atoms with Crippen molar-refractivity contribution in [3.63, 3.8) is 0 Å². The molecule has 0 aliphatic heterocycles. The molecule has 1 aromatic heterocycles. The van der Waals surface area contributed by atoms with Crippen molar-refractivity contribution in [1.82, 2.24) is 20.8 Å². The second kappa shape index (κ2) is 8.90. The number of aliphatic imine (C=N–C) groups is 1. The topological polar surface area (TPSA) is 84.6 Å². The first-order chi connectivity index (χ1) is 11.6. The number of hydrogen-bond donors (Lipinski definition) is 2. The summed E-state index contributed by atoms with van der Waals surface area (Å²) in [6.07, 6.45) is 0.842. The molecule has 2 rings (SSSR count). The highest BCUT2D eigenvalue weighted by Crippen LogP contribution is 2.19. The average molecular weight is 331 g/mol. The minimum Gasteiger partial charge on any atom is -0.496 e. The summed E-state index contributed by atoms with van der Waals surface area (Å²) in [6, 6.07) is 6.20. The summed E-state index contributed by atoms with van der Waals surface area (Å²) < 4.78 is 10.5. The molecular weight excluding hydrogens is 306 g/mol. The number of aryl methyl sites for hydroxylation is 2. The van der Waals surface area contributed by atoms with E-state index in [2.05, 4.69) is 38.8 Å². The summed E-state index contributed by atoms with van der Waals surface area (Å²) in [5, 5.41) is 10.3. The van der Waals surface area contributed by atoms with Gasteiger partial charge in [-0.15, -0.1) is 0 Å². The lowest BCUT2D eigenvalue weighted by Crippen LogP contribution is -2.38. The zero-order chi connectivity index (χ0) is 17.4. The molecule has 0 fully saturated rings. The summed E-state index contributed by atoms with van der Waals surface area (Å²) >= 11 is 0. The number of benzene rings is 1. The van der Waals surface area contributed by atoms with Crippen molar-refractivity contribution in [1.29, 1.82) is 0 Å². The minimum atomic E-state index is 0.351. The van der Waals surface area contributed by atoms with E-state index >= 15 is 0 Å². The van der Waals surface area contributed by atoms with E-state index in [1.807, 2.05) is 19.1 Å². The highest BCUT2D eigenvalue weighted by atomic mass is 16.5. The van der Waals surface area contributed by atoms with E-state index < -0.39 is 0 Å². The van der Waals surface area contributed by atoms with Crippen molar-refractivity contribution in [2.75, 3.05) is 20.2 Å². The summed E-state index contributed by atoms with van der Waals surface area (Å²) in [7, 11) is 1.69. The van der Waals surface area contributed by atoms with E-state index in [1.54, 1.807) is 14.0 Å². The van der Waals surface area contributed by atoms with Crippen LogP contribution in [0.1, 0.15) is 29.8 Å². The van der Waals surface area contributed by atoms with Crippen LogP contribution in [0, 0.1) is 13.8 Å². The Kier molecular flexibility index (Phi) is 6.60. The number of ether oxygens (including phenoxy) is 1.